The van der Waals surface area contributed by atoms with Crippen LogP contribution >= 0.6 is 23.2 Å². The maximum atomic E-state index is 12.8. The van der Waals surface area contributed by atoms with E-state index in [-0.39, 0.29) is 30.7 Å². The van der Waals surface area contributed by atoms with Crippen LogP contribution in [0.15, 0.2) is 42.7 Å². The van der Waals surface area contributed by atoms with Gasteiger partial charge in [0.25, 0.3) is 5.91 Å². The van der Waals surface area contributed by atoms with Crippen LogP contribution in [0.25, 0.3) is 0 Å². The molecule has 158 valence electrons. The van der Waals surface area contributed by atoms with E-state index >= 15 is 0 Å². The van der Waals surface area contributed by atoms with Crippen LogP contribution in [0.5, 0.6) is 0 Å². The number of benzene rings is 1. The van der Waals surface area contributed by atoms with Gasteiger partial charge in [-0.05, 0) is 42.7 Å². The topological polar surface area (TPSA) is 91.4 Å². The number of likely N-dealkylation sites (tertiary alicyclic amines) is 1. The van der Waals surface area contributed by atoms with E-state index in [1.54, 1.807) is 24.5 Å². The van der Waals surface area contributed by atoms with Crippen LogP contribution in [0.4, 0.5) is 0 Å². The molecule has 2 N–H and O–H groups in total. The maximum Gasteiger partial charge on any atom is 0.254 e. The van der Waals surface area contributed by atoms with Gasteiger partial charge >= 0.3 is 0 Å². The molecule has 1 aromatic carbocycles. The van der Waals surface area contributed by atoms with Crippen molar-refractivity contribution in [2.24, 2.45) is 0 Å². The van der Waals surface area contributed by atoms with E-state index in [0.717, 1.165) is 12.0 Å². The fourth-order valence-corrected chi connectivity index (χ4v) is 3.86. The largest absolute Gasteiger partial charge is 0.354 e. The summed E-state index contributed by atoms with van der Waals surface area (Å²) in [5, 5.41) is 6.26. The highest BCUT2D eigenvalue weighted by molar-refractivity contribution is 6.35. The average Bonchev–Trinajstić information content (AvgIpc) is 3.21. The molecule has 1 aliphatic rings. The summed E-state index contributed by atoms with van der Waals surface area (Å²) in [5.41, 5.74) is 1.25. The summed E-state index contributed by atoms with van der Waals surface area (Å²) in [7, 11) is 0. The molecule has 7 nitrogen and oxygen atoms in total. The molecule has 1 fully saturated rings. The molecule has 1 aromatic heterocycles. The van der Waals surface area contributed by atoms with Gasteiger partial charge in [-0.1, -0.05) is 29.3 Å². The molecule has 0 radical (unpaired) electrons. The number of nitrogens with one attached hydrogen (secondary N) is 2. The lowest BCUT2D eigenvalue weighted by Gasteiger charge is -2.24. The second-order valence-electron chi connectivity index (χ2n) is 6.99. The molecule has 1 aliphatic heterocycles. The van der Waals surface area contributed by atoms with Crippen LogP contribution in [-0.4, -0.2) is 46.7 Å². The van der Waals surface area contributed by atoms with E-state index in [0.29, 0.717) is 35.1 Å². The Morgan fingerprint density at radius 2 is 1.90 bits per heavy atom. The zero-order valence-corrected chi connectivity index (χ0v) is 17.7. The second kappa shape index (κ2) is 10.4. The maximum absolute atomic E-state index is 12.8. The van der Waals surface area contributed by atoms with Crippen LogP contribution in [0.3, 0.4) is 0 Å². The second-order valence-corrected chi connectivity index (χ2v) is 7.87. The van der Waals surface area contributed by atoms with Crippen LogP contribution in [0.2, 0.25) is 10.0 Å². The highest BCUT2D eigenvalue weighted by atomic mass is 35.5. The van der Waals surface area contributed by atoms with Crippen LogP contribution in [0.1, 0.15) is 35.2 Å². The van der Waals surface area contributed by atoms with Gasteiger partial charge in [0.2, 0.25) is 11.8 Å². The number of amides is 3. The Balaban J connectivity index is 1.48. The molecule has 1 atom stereocenters. The van der Waals surface area contributed by atoms with Gasteiger partial charge in [0.15, 0.2) is 0 Å². The molecule has 1 saturated heterocycles. The van der Waals surface area contributed by atoms with Gasteiger partial charge in [-0.15, -0.1) is 0 Å². The van der Waals surface area contributed by atoms with Crippen molar-refractivity contribution in [3.63, 3.8) is 0 Å². The molecular weight excluding hydrogens is 427 g/mol. The molecule has 0 spiro atoms. The lowest BCUT2D eigenvalue weighted by molar-refractivity contribution is -0.125. The van der Waals surface area contributed by atoms with E-state index in [1.807, 2.05) is 6.07 Å². The number of carbonyl (C=O) groups is 3. The summed E-state index contributed by atoms with van der Waals surface area (Å²) in [6.45, 7) is 1.06. The molecular formula is C21H22Cl2N4O3. The highest BCUT2D eigenvalue weighted by Crippen LogP contribution is 2.24. The highest BCUT2D eigenvalue weighted by Gasteiger charge is 2.34. The van der Waals surface area contributed by atoms with E-state index in [1.165, 1.54) is 17.0 Å². The van der Waals surface area contributed by atoms with Crippen molar-refractivity contribution < 1.29 is 14.4 Å². The summed E-state index contributed by atoms with van der Waals surface area (Å²) in [6.07, 6.45) is 4.79. The van der Waals surface area contributed by atoms with Gasteiger partial charge in [-0.3, -0.25) is 19.4 Å². The number of carbonyl (C=O) groups excluding carboxylic acids is 3. The SMILES string of the molecule is O=C(CCNC(=O)C1CCCN1C(=O)c1cc(Cl)cc(Cl)c1)NCc1cccnc1. The summed E-state index contributed by atoms with van der Waals surface area (Å²) in [4.78, 5) is 42.9. The number of hydrogen-bond donors (Lipinski definition) is 2. The number of hydrogen-bond acceptors (Lipinski definition) is 4. The normalized spacial score (nSPS) is 15.7. The quantitative estimate of drug-likeness (QED) is 0.680. The molecule has 3 rings (SSSR count). The minimum atomic E-state index is -0.575. The fraction of sp³-hybridized carbons (Fsp3) is 0.333. The van der Waals surface area contributed by atoms with Crippen LogP contribution < -0.4 is 10.6 Å². The van der Waals surface area contributed by atoms with Gasteiger partial charge in [0.1, 0.15) is 6.04 Å². The van der Waals surface area contributed by atoms with Gasteiger partial charge in [-0.25, -0.2) is 0 Å². The summed E-state index contributed by atoms with van der Waals surface area (Å²) in [6, 6.07) is 7.72. The third kappa shape index (κ3) is 5.93. The Hall–Kier alpha value is -2.64. The first-order valence-electron chi connectivity index (χ1n) is 9.64. The minimum Gasteiger partial charge on any atom is -0.354 e. The number of aromatic nitrogens is 1. The van der Waals surface area contributed by atoms with Crippen molar-refractivity contribution in [1.82, 2.24) is 20.5 Å². The number of halogens is 2. The van der Waals surface area contributed by atoms with E-state index in [2.05, 4.69) is 15.6 Å². The van der Waals surface area contributed by atoms with Crippen molar-refractivity contribution in [3.05, 3.63) is 63.9 Å². The van der Waals surface area contributed by atoms with Gasteiger partial charge < -0.3 is 15.5 Å². The third-order valence-corrected chi connectivity index (χ3v) is 5.23. The van der Waals surface area contributed by atoms with E-state index in [9.17, 15) is 14.4 Å². The summed E-state index contributed by atoms with van der Waals surface area (Å²) in [5.74, 6) is -0.729. The first kappa shape index (κ1) is 22.1. The first-order chi connectivity index (χ1) is 14.4. The summed E-state index contributed by atoms with van der Waals surface area (Å²) >= 11 is 12.0. The van der Waals surface area contributed by atoms with Crippen molar-refractivity contribution in [2.45, 2.75) is 31.8 Å². The fourth-order valence-electron chi connectivity index (χ4n) is 3.33. The Morgan fingerprint density at radius 1 is 1.13 bits per heavy atom. The number of rotatable bonds is 7. The number of nitrogens with zero attached hydrogens (tertiary/aromatic N) is 2. The molecule has 2 heterocycles. The Labute approximate surface area is 184 Å². The van der Waals surface area contributed by atoms with E-state index < -0.39 is 6.04 Å². The Kier molecular flexibility index (Phi) is 7.65. The van der Waals surface area contributed by atoms with Crippen molar-refractivity contribution in [1.29, 1.82) is 0 Å². The van der Waals surface area contributed by atoms with Crippen molar-refractivity contribution >= 4 is 40.9 Å². The zero-order valence-electron chi connectivity index (χ0n) is 16.2. The minimum absolute atomic E-state index is 0.149. The number of pyridine rings is 1. The third-order valence-electron chi connectivity index (χ3n) is 4.79. The average molecular weight is 449 g/mol. The predicted molar refractivity (Wildman–Crippen MR) is 114 cm³/mol. The Bertz CT molecular complexity index is 903. The molecule has 30 heavy (non-hydrogen) atoms. The van der Waals surface area contributed by atoms with Gasteiger partial charge in [0, 0.05) is 54.1 Å². The Morgan fingerprint density at radius 3 is 2.60 bits per heavy atom. The monoisotopic (exact) mass is 448 g/mol. The molecule has 0 saturated carbocycles. The molecule has 3 amide bonds. The van der Waals surface area contributed by atoms with E-state index in [4.69, 9.17) is 23.2 Å². The van der Waals surface area contributed by atoms with Crippen LogP contribution in [0, 0.1) is 0 Å². The van der Waals surface area contributed by atoms with Gasteiger partial charge in [0.05, 0.1) is 0 Å². The predicted octanol–water partition coefficient (Wildman–Crippen LogP) is 2.82. The standard InChI is InChI=1S/C21H22Cl2N4O3/c22-16-9-15(10-17(23)11-16)21(30)27-8-2-4-18(27)20(29)25-7-5-19(28)26-13-14-3-1-6-24-12-14/h1,3,6,9-12,18H,2,4-5,7-8,13H2,(H,25,29)(H,26,28). The molecule has 9 heteroatoms. The smallest absolute Gasteiger partial charge is 0.254 e. The lowest BCUT2D eigenvalue weighted by atomic mass is 10.1. The van der Waals surface area contributed by atoms with Crippen molar-refractivity contribution in [3.8, 4) is 0 Å². The molecule has 0 bridgehead atoms. The zero-order chi connectivity index (χ0) is 21.5. The molecule has 2 aromatic rings. The van der Waals surface area contributed by atoms with Crippen LogP contribution in [-0.2, 0) is 16.1 Å². The molecule has 1 unspecified atom stereocenters. The molecule has 0 aliphatic carbocycles. The van der Waals surface area contributed by atoms with Gasteiger partial charge in [-0.2, -0.15) is 0 Å². The lowest BCUT2D eigenvalue weighted by Crippen LogP contribution is -2.46. The summed E-state index contributed by atoms with van der Waals surface area (Å²) < 4.78 is 0. The first-order valence-corrected chi connectivity index (χ1v) is 10.4. The van der Waals surface area contributed by atoms with Crippen molar-refractivity contribution in [2.75, 3.05) is 13.1 Å².